The van der Waals surface area contributed by atoms with Crippen LogP contribution in [0.25, 0.3) is 0 Å². The van der Waals surface area contributed by atoms with Crippen LogP contribution in [0.4, 0.5) is 0 Å². The zero-order valence-corrected chi connectivity index (χ0v) is 12.1. The Kier molecular flexibility index (Phi) is 4.60. The summed E-state index contributed by atoms with van der Waals surface area (Å²) in [7, 11) is 0. The summed E-state index contributed by atoms with van der Waals surface area (Å²) >= 11 is 0. The van der Waals surface area contributed by atoms with Crippen molar-refractivity contribution in [3.63, 3.8) is 0 Å². The zero-order chi connectivity index (χ0) is 13.7. The van der Waals surface area contributed by atoms with Crippen LogP contribution in [-0.2, 0) is 19.4 Å². The Labute approximate surface area is 115 Å². The van der Waals surface area contributed by atoms with Gasteiger partial charge in [-0.1, -0.05) is 6.92 Å². The third kappa shape index (κ3) is 3.36. The van der Waals surface area contributed by atoms with Gasteiger partial charge in [0, 0.05) is 12.2 Å². The second kappa shape index (κ2) is 6.21. The van der Waals surface area contributed by atoms with Crippen molar-refractivity contribution in [3.05, 3.63) is 17.7 Å². The van der Waals surface area contributed by atoms with Crippen molar-refractivity contribution in [3.8, 4) is 6.07 Å². The van der Waals surface area contributed by atoms with E-state index >= 15 is 0 Å². The third-order valence-corrected chi connectivity index (χ3v) is 4.00. The maximum absolute atomic E-state index is 9.23. The fourth-order valence-electron chi connectivity index (χ4n) is 2.90. The summed E-state index contributed by atoms with van der Waals surface area (Å²) in [6.07, 6.45) is 8.73. The normalized spacial score (nSPS) is 17.5. The maximum atomic E-state index is 9.23. The van der Waals surface area contributed by atoms with Gasteiger partial charge in [0.2, 0.25) is 0 Å². The highest BCUT2D eigenvalue weighted by Gasteiger charge is 2.22. The van der Waals surface area contributed by atoms with E-state index < -0.39 is 5.54 Å². The summed E-state index contributed by atoms with van der Waals surface area (Å²) in [5.41, 5.74) is 2.32. The molecule has 1 N–H and O–H groups in total. The van der Waals surface area contributed by atoms with Gasteiger partial charge in [-0.3, -0.25) is 5.32 Å². The van der Waals surface area contributed by atoms with E-state index in [0.717, 1.165) is 38.8 Å². The summed E-state index contributed by atoms with van der Waals surface area (Å²) in [4.78, 5) is 4.51. The smallest absolute Gasteiger partial charge is 0.103 e. The lowest BCUT2D eigenvalue weighted by molar-refractivity contribution is 0.401. The number of nitrogens with zero attached hydrogens (tertiary/aromatic N) is 3. The number of rotatable bonds is 6. The van der Waals surface area contributed by atoms with Gasteiger partial charge in [-0.15, -0.1) is 0 Å². The lowest BCUT2D eigenvalue weighted by atomic mass is 9.97. The van der Waals surface area contributed by atoms with Gasteiger partial charge in [-0.05, 0) is 52.0 Å². The Balaban J connectivity index is 1.89. The van der Waals surface area contributed by atoms with E-state index in [2.05, 4.69) is 20.9 Å². The largest absolute Gasteiger partial charge is 0.334 e. The minimum atomic E-state index is -0.393. The molecule has 1 atom stereocenters. The first-order valence-corrected chi connectivity index (χ1v) is 7.37. The van der Waals surface area contributed by atoms with Crippen molar-refractivity contribution in [1.29, 1.82) is 5.26 Å². The molecule has 0 bridgehead atoms. The molecule has 0 saturated heterocycles. The van der Waals surface area contributed by atoms with E-state index in [1.165, 1.54) is 24.2 Å². The summed E-state index contributed by atoms with van der Waals surface area (Å²) in [5, 5.41) is 12.5. The Hall–Kier alpha value is -1.34. The fraction of sp³-hybridized carbons (Fsp3) is 0.733. The number of hydrogen-bond donors (Lipinski definition) is 1. The van der Waals surface area contributed by atoms with Gasteiger partial charge in [0.1, 0.15) is 5.54 Å². The molecule has 0 fully saturated rings. The Morgan fingerprint density at radius 1 is 1.47 bits per heavy atom. The molecule has 1 unspecified atom stereocenters. The first-order chi connectivity index (χ1) is 9.18. The molecule has 2 rings (SSSR count). The van der Waals surface area contributed by atoms with Gasteiger partial charge >= 0.3 is 0 Å². The Morgan fingerprint density at radius 3 is 3.00 bits per heavy atom. The molecule has 4 nitrogen and oxygen atoms in total. The van der Waals surface area contributed by atoms with Crippen LogP contribution in [0.5, 0.6) is 0 Å². The Morgan fingerprint density at radius 2 is 2.26 bits per heavy atom. The van der Waals surface area contributed by atoms with Crippen molar-refractivity contribution < 1.29 is 0 Å². The second-order valence-electron chi connectivity index (χ2n) is 5.62. The van der Waals surface area contributed by atoms with E-state index in [-0.39, 0.29) is 0 Å². The highest BCUT2D eigenvalue weighted by Crippen LogP contribution is 2.21. The van der Waals surface area contributed by atoms with E-state index in [9.17, 15) is 5.26 Å². The van der Waals surface area contributed by atoms with Crippen LogP contribution in [0.15, 0.2) is 6.33 Å². The lowest BCUT2D eigenvalue weighted by Gasteiger charge is -2.22. The summed E-state index contributed by atoms with van der Waals surface area (Å²) in [6, 6.07) is 2.39. The number of aromatic nitrogens is 2. The molecule has 4 heteroatoms. The SMILES string of the molecule is CCNC(C)(C#N)CCCn1cnc2c1CCCC2. The highest BCUT2D eigenvalue weighted by atomic mass is 15.1. The number of imidazole rings is 1. The predicted molar refractivity (Wildman–Crippen MR) is 75.8 cm³/mol. The minimum Gasteiger partial charge on any atom is -0.334 e. The molecule has 104 valence electrons. The van der Waals surface area contributed by atoms with Gasteiger partial charge in [-0.25, -0.2) is 4.98 Å². The van der Waals surface area contributed by atoms with Crippen LogP contribution in [-0.4, -0.2) is 21.6 Å². The first-order valence-electron chi connectivity index (χ1n) is 7.37. The minimum absolute atomic E-state index is 0.393. The molecule has 0 amide bonds. The summed E-state index contributed by atoms with van der Waals surface area (Å²) in [6.45, 7) is 5.84. The molecule has 0 saturated carbocycles. The van der Waals surface area contributed by atoms with E-state index in [4.69, 9.17) is 0 Å². The van der Waals surface area contributed by atoms with Crippen molar-refractivity contribution in [2.24, 2.45) is 0 Å². The molecule has 19 heavy (non-hydrogen) atoms. The predicted octanol–water partition coefficient (Wildman–Crippen LogP) is 2.43. The zero-order valence-electron chi connectivity index (χ0n) is 12.1. The number of aryl methyl sites for hydroxylation is 2. The highest BCUT2D eigenvalue weighted by molar-refractivity contribution is 5.16. The van der Waals surface area contributed by atoms with Crippen molar-refractivity contribution in [2.75, 3.05) is 6.54 Å². The molecule has 0 aromatic carbocycles. The molecule has 1 aromatic heterocycles. The van der Waals surface area contributed by atoms with Crippen LogP contribution in [0.2, 0.25) is 0 Å². The van der Waals surface area contributed by atoms with Crippen molar-refractivity contribution in [1.82, 2.24) is 14.9 Å². The molecule has 0 aliphatic heterocycles. The maximum Gasteiger partial charge on any atom is 0.103 e. The number of fused-ring (bicyclic) bond motifs is 1. The lowest BCUT2D eigenvalue weighted by Crippen LogP contribution is -2.40. The van der Waals surface area contributed by atoms with Gasteiger partial charge < -0.3 is 4.57 Å². The van der Waals surface area contributed by atoms with Crippen LogP contribution in [0.1, 0.15) is 50.9 Å². The molecule has 1 aliphatic carbocycles. The van der Waals surface area contributed by atoms with Crippen LogP contribution >= 0.6 is 0 Å². The topological polar surface area (TPSA) is 53.6 Å². The van der Waals surface area contributed by atoms with Gasteiger partial charge in [-0.2, -0.15) is 5.26 Å². The molecule has 0 spiro atoms. The number of nitrogens with one attached hydrogen (secondary N) is 1. The molecule has 1 aliphatic rings. The van der Waals surface area contributed by atoms with E-state index in [0.29, 0.717) is 0 Å². The van der Waals surface area contributed by atoms with Crippen molar-refractivity contribution >= 4 is 0 Å². The molecule has 1 heterocycles. The number of nitriles is 1. The monoisotopic (exact) mass is 260 g/mol. The number of hydrogen-bond acceptors (Lipinski definition) is 3. The fourth-order valence-corrected chi connectivity index (χ4v) is 2.90. The van der Waals surface area contributed by atoms with E-state index in [1.807, 2.05) is 20.2 Å². The van der Waals surface area contributed by atoms with Gasteiger partial charge in [0.15, 0.2) is 0 Å². The average Bonchev–Trinajstić information content (AvgIpc) is 2.83. The average molecular weight is 260 g/mol. The summed E-state index contributed by atoms with van der Waals surface area (Å²) in [5.74, 6) is 0. The Bertz CT molecular complexity index is 457. The molecule has 1 aromatic rings. The molecule has 0 radical (unpaired) electrons. The molecular weight excluding hydrogens is 236 g/mol. The summed E-state index contributed by atoms with van der Waals surface area (Å²) < 4.78 is 2.29. The quantitative estimate of drug-likeness (QED) is 0.854. The van der Waals surface area contributed by atoms with Gasteiger partial charge in [0.25, 0.3) is 0 Å². The van der Waals surface area contributed by atoms with Gasteiger partial charge in [0.05, 0.1) is 18.1 Å². The van der Waals surface area contributed by atoms with Crippen LogP contribution in [0, 0.1) is 11.3 Å². The standard InChI is InChI=1S/C15H24N4/c1-3-18-15(2,11-16)9-6-10-19-12-17-13-7-4-5-8-14(13)19/h12,18H,3-10H2,1-2H3. The van der Waals surface area contributed by atoms with E-state index in [1.54, 1.807) is 0 Å². The van der Waals surface area contributed by atoms with Crippen molar-refractivity contribution in [2.45, 2.75) is 64.5 Å². The van der Waals surface area contributed by atoms with Crippen LogP contribution in [0.3, 0.4) is 0 Å². The third-order valence-electron chi connectivity index (χ3n) is 4.00. The first kappa shape index (κ1) is 14.1. The van der Waals surface area contributed by atoms with Crippen LogP contribution < -0.4 is 5.32 Å². The molecular formula is C15H24N4. The second-order valence-corrected chi connectivity index (χ2v) is 5.62.